The number of fused-ring (bicyclic) bond motifs is 1. The maximum Gasteiger partial charge on any atom is 0.0568 e. The van der Waals surface area contributed by atoms with E-state index in [2.05, 4.69) is 109 Å². The van der Waals surface area contributed by atoms with Gasteiger partial charge in [0.1, 0.15) is 0 Å². The van der Waals surface area contributed by atoms with Crippen LogP contribution in [0.3, 0.4) is 0 Å². The van der Waals surface area contributed by atoms with Gasteiger partial charge in [0.05, 0.1) is 6.20 Å². The first-order valence-corrected chi connectivity index (χ1v) is 19.3. The van der Waals surface area contributed by atoms with Crippen LogP contribution in [0.5, 0.6) is 0 Å². The first-order valence-electron chi connectivity index (χ1n) is 18.9. The molecule has 0 saturated carbocycles. The van der Waals surface area contributed by atoms with Crippen molar-refractivity contribution in [3.8, 4) is 11.1 Å². The van der Waals surface area contributed by atoms with Gasteiger partial charge in [0.25, 0.3) is 0 Å². The molecule has 0 spiro atoms. The van der Waals surface area contributed by atoms with Gasteiger partial charge in [0.15, 0.2) is 0 Å². The Balaban J connectivity index is 1.54. The molecule has 1 aromatic heterocycles. The summed E-state index contributed by atoms with van der Waals surface area (Å²) in [4.78, 5) is 4.80. The highest BCUT2D eigenvalue weighted by atomic mass is 35.5. The molecule has 0 fully saturated rings. The number of hydrogen-bond acceptors (Lipinski definition) is 2. The van der Waals surface area contributed by atoms with E-state index in [4.69, 9.17) is 16.6 Å². The lowest BCUT2D eigenvalue weighted by atomic mass is 9.86. The minimum Gasteiger partial charge on any atom is -0.290 e. The van der Waals surface area contributed by atoms with Gasteiger partial charge in [-0.05, 0) is 149 Å². The Morgan fingerprint density at radius 1 is 0.920 bits per heavy atom. The van der Waals surface area contributed by atoms with Crippen molar-refractivity contribution in [2.24, 2.45) is 12.0 Å². The average Bonchev–Trinajstić information content (AvgIpc) is 3.52. The van der Waals surface area contributed by atoms with Gasteiger partial charge in [-0.2, -0.15) is 5.10 Å². The first kappa shape index (κ1) is 39.1. The van der Waals surface area contributed by atoms with Crippen LogP contribution in [-0.4, -0.2) is 22.0 Å². The van der Waals surface area contributed by atoms with E-state index in [0.29, 0.717) is 0 Å². The molecule has 4 rings (SSSR count). The number of aryl methyl sites for hydroxylation is 4. The number of nitrogens with zero attached hydrogens (tertiary/aromatic N) is 3. The number of halogens is 1. The predicted molar refractivity (Wildman–Crippen MR) is 221 cm³/mol. The SMILES string of the molecule is C=C(CC)/C(C)=C(\CCCCc1cc(CC/C(C)=C/C(CCCCC)=NCC)cc2cc(C)ccc12)c1ccc(Cl)c(-c2cnn(C)c2)c1C. The van der Waals surface area contributed by atoms with E-state index < -0.39 is 0 Å². The second-order valence-electron chi connectivity index (χ2n) is 14.2. The first-order chi connectivity index (χ1) is 24.1. The summed E-state index contributed by atoms with van der Waals surface area (Å²) in [5.41, 5.74) is 15.4. The fourth-order valence-corrected chi connectivity index (χ4v) is 7.49. The molecule has 3 nitrogen and oxygen atoms in total. The van der Waals surface area contributed by atoms with Crippen molar-refractivity contribution in [1.82, 2.24) is 9.78 Å². The molecule has 0 amide bonds. The van der Waals surface area contributed by atoms with Crippen LogP contribution < -0.4 is 0 Å². The normalized spacial score (nSPS) is 12.9. The molecule has 4 heteroatoms. The van der Waals surface area contributed by atoms with Gasteiger partial charge in [0.2, 0.25) is 0 Å². The standard InChI is InChI=1S/C46H60ClN3/c1-10-13-14-18-41(48-12-3)27-33(5)20-22-37-28-38(44-23-21-32(4)26-39(44)29-37)17-15-16-19-42(35(7)34(6)11-2)43-24-25-45(47)46(36(43)8)40-30-49-50(9)31-40/h21,23-31H,6,10-20,22H2,1-5,7-9H3/b33-27+,42-35+,48-41?. The molecule has 0 bridgehead atoms. The van der Waals surface area contributed by atoms with Crippen LogP contribution in [0.25, 0.3) is 27.5 Å². The van der Waals surface area contributed by atoms with E-state index in [1.807, 2.05) is 24.1 Å². The fourth-order valence-electron chi connectivity index (χ4n) is 7.17. The van der Waals surface area contributed by atoms with E-state index in [0.717, 1.165) is 74.1 Å². The number of hydrogen-bond donors (Lipinski definition) is 0. The summed E-state index contributed by atoms with van der Waals surface area (Å²) in [6, 6.07) is 16.1. The smallest absolute Gasteiger partial charge is 0.0568 e. The van der Waals surface area contributed by atoms with Gasteiger partial charge in [0, 0.05) is 41.7 Å². The molecule has 50 heavy (non-hydrogen) atoms. The number of unbranched alkanes of at least 4 members (excludes halogenated alkanes) is 3. The van der Waals surface area contributed by atoms with Crippen molar-refractivity contribution in [2.45, 2.75) is 119 Å². The van der Waals surface area contributed by atoms with Crippen LogP contribution in [0.1, 0.15) is 120 Å². The zero-order valence-electron chi connectivity index (χ0n) is 32.2. The molecule has 0 unspecified atom stereocenters. The molecule has 0 aliphatic rings. The van der Waals surface area contributed by atoms with Crippen LogP contribution in [0.4, 0.5) is 0 Å². The van der Waals surface area contributed by atoms with Gasteiger partial charge < -0.3 is 0 Å². The van der Waals surface area contributed by atoms with E-state index >= 15 is 0 Å². The summed E-state index contributed by atoms with van der Waals surface area (Å²) in [5, 5.41) is 7.94. The molecule has 0 aliphatic carbocycles. The van der Waals surface area contributed by atoms with Crippen molar-refractivity contribution in [2.75, 3.05) is 6.54 Å². The second-order valence-corrected chi connectivity index (χ2v) is 14.6. The Labute approximate surface area is 308 Å². The number of allylic oxidation sites excluding steroid dienone is 5. The second kappa shape index (κ2) is 19.1. The Kier molecular flexibility index (Phi) is 14.9. The van der Waals surface area contributed by atoms with E-state index in [9.17, 15) is 0 Å². The average molecular weight is 690 g/mol. The third-order valence-electron chi connectivity index (χ3n) is 10.1. The molecule has 4 aromatic rings. The van der Waals surface area contributed by atoms with Crippen molar-refractivity contribution in [3.05, 3.63) is 117 Å². The van der Waals surface area contributed by atoms with Crippen molar-refractivity contribution in [3.63, 3.8) is 0 Å². The molecule has 0 radical (unpaired) electrons. The zero-order valence-corrected chi connectivity index (χ0v) is 32.9. The summed E-state index contributed by atoms with van der Waals surface area (Å²) >= 11 is 6.80. The van der Waals surface area contributed by atoms with Crippen LogP contribution >= 0.6 is 11.6 Å². The maximum atomic E-state index is 6.80. The monoisotopic (exact) mass is 689 g/mol. The Hall–Kier alpha value is -3.69. The van der Waals surface area contributed by atoms with Crippen molar-refractivity contribution < 1.29 is 0 Å². The summed E-state index contributed by atoms with van der Waals surface area (Å²) < 4.78 is 1.84. The van der Waals surface area contributed by atoms with E-state index in [-0.39, 0.29) is 0 Å². The third kappa shape index (κ3) is 10.4. The zero-order chi connectivity index (χ0) is 36.2. The van der Waals surface area contributed by atoms with Gasteiger partial charge in [-0.3, -0.25) is 9.67 Å². The number of benzene rings is 3. The highest BCUT2D eigenvalue weighted by Gasteiger charge is 2.17. The summed E-state index contributed by atoms with van der Waals surface area (Å²) in [5.74, 6) is 0. The van der Waals surface area contributed by atoms with Gasteiger partial charge in [-0.15, -0.1) is 0 Å². The van der Waals surface area contributed by atoms with E-state index in [1.54, 1.807) is 0 Å². The Morgan fingerprint density at radius 2 is 1.70 bits per heavy atom. The topological polar surface area (TPSA) is 30.2 Å². The molecule has 1 heterocycles. The van der Waals surface area contributed by atoms with Gasteiger partial charge >= 0.3 is 0 Å². The molecule has 0 saturated heterocycles. The van der Waals surface area contributed by atoms with Gasteiger partial charge in [-0.1, -0.05) is 98.0 Å². The number of aliphatic imine (C=N–C) groups is 1. The highest BCUT2D eigenvalue weighted by molar-refractivity contribution is 6.33. The van der Waals surface area contributed by atoms with Crippen LogP contribution in [-0.2, 0) is 19.9 Å². The molecular formula is C46H60ClN3. The number of aromatic nitrogens is 2. The molecular weight excluding hydrogens is 630 g/mol. The lowest BCUT2D eigenvalue weighted by Gasteiger charge is -2.19. The third-order valence-corrected chi connectivity index (χ3v) is 10.5. The van der Waals surface area contributed by atoms with Crippen molar-refractivity contribution >= 4 is 33.7 Å². The van der Waals surface area contributed by atoms with Gasteiger partial charge in [-0.25, -0.2) is 0 Å². The van der Waals surface area contributed by atoms with Crippen LogP contribution in [0.15, 0.2) is 89.2 Å². The lowest BCUT2D eigenvalue weighted by molar-refractivity contribution is 0.741. The van der Waals surface area contributed by atoms with Crippen molar-refractivity contribution in [1.29, 1.82) is 0 Å². The molecule has 0 aliphatic heterocycles. The van der Waals surface area contributed by atoms with Crippen LogP contribution in [0.2, 0.25) is 5.02 Å². The summed E-state index contributed by atoms with van der Waals surface area (Å²) in [6.45, 7) is 20.8. The Morgan fingerprint density at radius 3 is 2.40 bits per heavy atom. The molecule has 266 valence electrons. The quantitative estimate of drug-likeness (QED) is 0.0581. The van der Waals surface area contributed by atoms with E-state index in [1.165, 1.54) is 85.9 Å². The highest BCUT2D eigenvalue weighted by Crippen LogP contribution is 2.39. The van der Waals surface area contributed by atoms with Crippen LogP contribution in [0, 0.1) is 13.8 Å². The molecule has 3 aromatic carbocycles. The fraction of sp³-hybridized carbons (Fsp3) is 0.435. The number of rotatable bonds is 18. The summed E-state index contributed by atoms with van der Waals surface area (Å²) in [7, 11) is 1.95. The predicted octanol–water partition coefficient (Wildman–Crippen LogP) is 13.6. The Bertz CT molecular complexity index is 1870. The minimum absolute atomic E-state index is 0.764. The molecule has 0 atom stereocenters. The minimum atomic E-state index is 0.764. The lowest BCUT2D eigenvalue weighted by Crippen LogP contribution is -1.99. The molecule has 0 N–H and O–H groups in total. The maximum absolute atomic E-state index is 6.80. The largest absolute Gasteiger partial charge is 0.290 e. The summed E-state index contributed by atoms with van der Waals surface area (Å²) in [6.07, 6.45) is 18.5.